The average molecular weight is 253 g/mol. The van der Waals surface area contributed by atoms with E-state index in [1.54, 1.807) is 0 Å². The number of piperidine rings is 1. The van der Waals surface area contributed by atoms with Crippen LogP contribution in [0.2, 0.25) is 0 Å². The van der Waals surface area contributed by atoms with Gasteiger partial charge in [-0.05, 0) is 71.2 Å². The molecule has 1 N–H and O–H groups in total. The lowest BCUT2D eigenvalue weighted by atomic mass is 9.95. The van der Waals surface area contributed by atoms with Crippen molar-refractivity contribution in [1.29, 1.82) is 0 Å². The van der Waals surface area contributed by atoms with Gasteiger partial charge in [-0.1, -0.05) is 6.92 Å². The molecule has 3 nitrogen and oxygen atoms in total. The maximum Gasteiger partial charge on any atom is 0.00510 e. The van der Waals surface area contributed by atoms with Gasteiger partial charge in [0.05, 0.1) is 0 Å². The number of hydrogen-bond acceptors (Lipinski definition) is 3. The van der Waals surface area contributed by atoms with Crippen molar-refractivity contribution in [3.05, 3.63) is 0 Å². The molecule has 3 heteroatoms. The summed E-state index contributed by atoms with van der Waals surface area (Å²) in [6, 6.07) is 0.688. The van der Waals surface area contributed by atoms with E-state index in [4.69, 9.17) is 0 Å². The molecule has 0 bridgehead atoms. The predicted octanol–water partition coefficient (Wildman–Crippen LogP) is 1.65. The number of likely N-dealkylation sites (tertiary alicyclic amines) is 1. The summed E-state index contributed by atoms with van der Waals surface area (Å²) in [6.07, 6.45) is 4.10. The van der Waals surface area contributed by atoms with E-state index in [9.17, 15) is 0 Å². The Balaban J connectivity index is 1.79. The van der Waals surface area contributed by atoms with Crippen molar-refractivity contribution in [3.63, 3.8) is 0 Å². The molecular formula is C15H31N3. The molecule has 2 heterocycles. The van der Waals surface area contributed by atoms with Crippen LogP contribution < -0.4 is 5.32 Å². The second kappa shape index (κ2) is 6.88. The summed E-state index contributed by atoms with van der Waals surface area (Å²) in [5.41, 5.74) is 0. The van der Waals surface area contributed by atoms with Crippen molar-refractivity contribution in [2.24, 2.45) is 11.8 Å². The topological polar surface area (TPSA) is 18.5 Å². The zero-order valence-electron chi connectivity index (χ0n) is 12.5. The van der Waals surface area contributed by atoms with E-state index < -0.39 is 0 Å². The van der Waals surface area contributed by atoms with Crippen molar-refractivity contribution in [2.45, 2.75) is 39.2 Å². The molecule has 0 spiro atoms. The van der Waals surface area contributed by atoms with Crippen molar-refractivity contribution in [3.8, 4) is 0 Å². The van der Waals surface area contributed by atoms with Crippen LogP contribution in [0.4, 0.5) is 0 Å². The highest BCUT2D eigenvalue weighted by Gasteiger charge is 2.22. The van der Waals surface area contributed by atoms with E-state index in [-0.39, 0.29) is 0 Å². The third kappa shape index (κ3) is 4.52. The molecule has 0 aliphatic carbocycles. The van der Waals surface area contributed by atoms with E-state index in [0.717, 1.165) is 11.8 Å². The van der Waals surface area contributed by atoms with Crippen molar-refractivity contribution < 1.29 is 0 Å². The van der Waals surface area contributed by atoms with Gasteiger partial charge < -0.3 is 15.1 Å². The van der Waals surface area contributed by atoms with Gasteiger partial charge in [0.25, 0.3) is 0 Å². The first-order valence-electron chi connectivity index (χ1n) is 7.77. The fourth-order valence-corrected chi connectivity index (χ4v) is 3.25. The first kappa shape index (κ1) is 14.3. The Hall–Kier alpha value is -0.120. The Kier molecular flexibility index (Phi) is 5.46. The second-order valence-corrected chi connectivity index (χ2v) is 6.71. The molecule has 106 valence electrons. The van der Waals surface area contributed by atoms with Crippen LogP contribution in [-0.2, 0) is 0 Å². The van der Waals surface area contributed by atoms with E-state index in [2.05, 4.69) is 36.0 Å². The van der Waals surface area contributed by atoms with Gasteiger partial charge >= 0.3 is 0 Å². The standard InChI is InChI=1S/C15H31N3/c1-13-10-16-14(2)4-9-18(11-13)12-15-5-7-17(3)8-6-15/h13-16H,4-12H2,1-3H3. The van der Waals surface area contributed by atoms with E-state index >= 15 is 0 Å². The summed E-state index contributed by atoms with van der Waals surface area (Å²) in [5, 5.41) is 3.63. The quantitative estimate of drug-likeness (QED) is 0.807. The summed E-state index contributed by atoms with van der Waals surface area (Å²) >= 11 is 0. The van der Waals surface area contributed by atoms with E-state index in [0.29, 0.717) is 6.04 Å². The number of nitrogens with zero attached hydrogens (tertiary/aromatic N) is 2. The van der Waals surface area contributed by atoms with Gasteiger partial charge in [0.1, 0.15) is 0 Å². The highest BCUT2D eigenvalue weighted by Crippen LogP contribution is 2.18. The molecule has 0 aromatic carbocycles. The summed E-state index contributed by atoms with van der Waals surface area (Å²) in [5.74, 6) is 1.73. The van der Waals surface area contributed by atoms with Crippen LogP contribution in [0.1, 0.15) is 33.1 Å². The minimum atomic E-state index is 0.688. The van der Waals surface area contributed by atoms with E-state index in [1.165, 1.54) is 58.5 Å². The van der Waals surface area contributed by atoms with Crippen LogP contribution in [-0.4, -0.2) is 62.2 Å². The van der Waals surface area contributed by atoms with Gasteiger partial charge in [0, 0.05) is 19.1 Å². The maximum absolute atomic E-state index is 3.63. The van der Waals surface area contributed by atoms with Crippen LogP contribution in [0, 0.1) is 11.8 Å². The number of rotatable bonds is 2. The number of nitrogens with one attached hydrogen (secondary N) is 1. The van der Waals surface area contributed by atoms with Crippen LogP contribution >= 0.6 is 0 Å². The molecule has 2 atom stereocenters. The zero-order chi connectivity index (χ0) is 13.0. The SMILES string of the molecule is CC1CNC(C)CCN(CC2CCN(C)CC2)C1. The van der Waals surface area contributed by atoms with Crippen molar-refractivity contribution in [2.75, 3.05) is 46.3 Å². The molecule has 0 aromatic rings. The van der Waals surface area contributed by atoms with Crippen molar-refractivity contribution in [1.82, 2.24) is 15.1 Å². The fourth-order valence-electron chi connectivity index (χ4n) is 3.25. The predicted molar refractivity (Wildman–Crippen MR) is 77.9 cm³/mol. The Labute approximate surface area is 113 Å². The molecule has 0 radical (unpaired) electrons. The molecule has 2 unspecified atom stereocenters. The molecule has 2 aliphatic rings. The Morgan fingerprint density at radius 1 is 1.06 bits per heavy atom. The Morgan fingerprint density at radius 2 is 1.78 bits per heavy atom. The van der Waals surface area contributed by atoms with Crippen LogP contribution in [0.25, 0.3) is 0 Å². The zero-order valence-corrected chi connectivity index (χ0v) is 12.5. The van der Waals surface area contributed by atoms with Gasteiger partial charge in [-0.25, -0.2) is 0 Å². The minimum absolute atomic E-state index is 0.688. The van der Waals surface area contributed by atoms with Crippen LogP contribution in [0.3, 0.4) is 0 Å². The lowest BCUT2D eigenvalue weighted by molar-refractivity contribution is 0.136. The number of hydrogen-bond donors (Lipinski definition) is 1. The smallest absolute Gasteiger partial charge is 0.00510 e. The molecule has 2 aliphatic heterocycles. The molecule has 2 saturated heterocycles. The first-order chi connectivity index (χ1) is 8.63. The molecule has 2 rings (SSSR count). The first-order valence-corrected chi connectivity index (χ1v) is 7.77. The second-order valence-electron chi connectivity index (χ2n) is 6.71. The van der Waals surface area contributed by atoms with Crippen LogP contribution in [0.5, 0.6) is 0 Å². The average Bonchev–Trinajstić information content (AvgIpc) is 2.34. The van der Waals surface area contributed by atoms with Gasteiger partial charge in [-0.15, -0.1) is 0 Å². The summed E-state index contributed by atoms with van der Waals surface area (Å²) in [7, 11) is 2.25. The fraction of sp³-hybridized carbons (Fsp3) is 1.00. The lowest BCUT2D eigenvalue weighted by Gasteiger charge is -2.36. The highest BCUT2D eigenvalue weighted by molar-refractivity contribution is 4.78. The molecule has 0 aromatic heterocycles. The van der Waals surface area contributed by atoms with E-state index in [1.807, 2.05) is 0 Å². The molecule has 18 heavy (non-hydrogen) atoms. The molecular weight excluding hydrogens is 222 g/mol. The lowest BCUT2D eigenvalue weighted by Crippen LogP contribution is -2.45. The van der Waals surface area contributed by atoms with Gasteiger partial charge in [-0.2, -0.15) is 0 Å². The third-order valence-corrected chi connectivity index (χ3v) is 4.62. The Bertz CT molecular complexity index is 236. The van der Waals surface area contributed by atoms with Gasteiger partial charge in [0.15, 0.2) is 0 Å². The molecule has 0 amide bonds. The largest absolute Gasteiger partial charge is 0.314 e. The van der Waals surface area contributed by atoms with Crippen LogP contribution in [0.15, 0.2) is 0 Å². The highest BCUT2D eigenvalue weighted by atomic mass is 15.1. The maximum atomic E-state index is 3.63. The Morgan fingerprint density at radius 3 is 2.50 bits per heavy atom. The van der Waals surface area contributed by atoms with Gasteiger partial charge in [0.2, 0.25) is 0 Å². The summed E-state index contributed by atoms with van der Waals surface area (Å²) in [6.45, 7) is 12.4. The monoisotopic (exact) mass is 253 g/mol. The molecule has 0 saturated carbocycles. The van der Waals surface area contributed by atoms with Gasteiger partial charge in [-0.3, -0.25) is 0 Å². The normalized spacial score (nSPS) is 34.2. The van der Waals surface area contributed by atoms with Crippen molar-refractivity contribution >= 4 is 0 Å². The molecule has 2 fully saturated rings. The third-order valence-electron chi connectivity index (χ3n) is 4.62. The minimum Gasteiger partial charge on any atom is -0.314 e. The summed E-state index contributed by atoms with van der Waals surface area (Å²) in [4.78, 5) is 5.20. The summed E-state index contributed by atoms with van der Waals surface area (Å²) < 4.78 is 0.